The minimum Gasteiger partial charge on any atom is -0.372 e. The Hall–Kier alpha value is -2.05. The molecule has 128 valence electrons. The second-order valence-electron chi connectivity index (χ2n) is 6.12. The van der Waals surface area contributed by atoms with Gasteiger partial charge >= 0.3 is 6.03 Å². The van der Waals surface area contributed by atoms with Gasteiger partial charge in [-0.3, -0.25) is 0 Å². The molecule has 1 atom stereocenters. The van der Waals surface area contributed by atoms with Crippen LogP contribution in [0.3, 0.4) is 0 Å². The van der Waals surface area contributed by atoms with Gasteiger partial charge < -0.3 is 15.0 Å². The van der Waals surface area contributed by atoms with Crippen molar-refractivity contribution in [2.24, 2.45) is 0 Å². The summed E-state index contributed by atoms with van der Waals surface area (Å²) in [5.41, 5.74) is 1.10. The molecular formula is C17H21ClN4O2. The zero-order chi connectivity index (χ0) is 17.2. The summed E-state index contributed by atoms with van der Waals surface area (Å²) >= 11 is 6.09. The number of ether oxygens (including phenoxy) is 1. The van der Waals surface area contributed by atoms with Gasteiger partial charge in [0.25, 0.3) is 0 Å². The number of nitrogens with one attached hydrogen (secondary N) is 1. The highest BCUT2D eigenvalue weighted by Gasteiger charge is 2.32. The maximum atomic E-state index is 12.7. The van der Waals surface area contributed by atoms with Gasteiger partial charge in [0.1, 0.15) is 0 Å². The van der Waals surface area contributed by atoms with E-state index in [1.165, 1.54) is 0 Å². The summed E-state index contributed by atoms with van der Waals surface area (Å²) in [5, 5.41) is 7.77. The first-order chi connectivity index (χ1) is 11.5. The maximum absolute atomic E-state index is 12.7. The normalized spacial score (nSPS) is 20.9. The van der Waals surface area contributed by atoms with Gasteiger partial charge in [0, 0.05) is 24.0 Å². The van der Waals surface area contributed by atoms with Crippen molar-refractivity contribution >= 4 is 23.3 Å². The molecule has 1 saturated heterocycles. The lowest BCUT2D eigenvalue weighted by molar-refractivity contribution is -0.0860. The van der Waals surface area contributed by atoms with E-state index in [0.29, 0.717) is 30.4 Å². The van der Waals surface area contributed by atoms with E-state index >= 15 is 0 Å². The van der Waals surface area contributed by atoms with E-state index in [0.717, 1.165) is 12.1 Å². The molecule has 3 rings (SSSR count). The van der Waals surface area contributed by atoms with Crippen molar-refractivity contribution in [3.05, 3.63) is 41.7 Å². The first kappa shape index (κ1) is 16.8. The van der Waals surface area contributed by atoms with Crippen molar-refractivity contribution in [3.63, 3.8) is 0 Å². The van der Waals surface area contributed by atoms with Crippen LogP contribution in [0.1, 0.15) is 20.3 Å². The van der Waals surface area contributed by atoms with Gasteiger partial charge in [-0.2, -0.15) is 5.10 Å². The predicted molar refractivity (Wildman–Crippen MR) is 93.8 cm³/mol. The maximum Gasteiger partial charge on any atom is 0.322 e. The lowest BCUT2D eigenvalue weighted by Gasteiger charge is -2.40. The molecule has 0 aliphatic carbocycles. The van der Waals surface area contributed by atoms with Crippen molar-refractivity contribution in [2.45, 2.75) is 25.9 Å². The van der Waals surface area contributed by atoms with Gasteiger partial charge in [-0.05, 0) is 37.6 Å². The van der Waals surface area contributed by atoms with E-state index in [9.17, 15) is 4.79 Å². The minimum absolute atomic E-state index is 0.145. The lowest BCUT2D eigenvalue weighted by Crippen LogP contribution is -2.53. The lowest BCUT2D eigenvalue weighted by atomic mass is 10.0. The Kier molecular flexibility index (Phi) is 4.78. The fraction of sp³-hybridized carbons (Fsp3) is 0.412. The van der Waals surface area contributed by atoms with Crippen molar-refractivity contribution in [1.29, 1.82) is 0 Å². The Morgan fingerprint density at radius 1 is 1.50 bits per heavy atom. The van der Waals surface area contributed by atoms with Crippen LogP contribution in [0.2, 0.25) is 5.02 Å². The van der Waals surface area contributed by atoms with Crippen molar-refractivity contribution in [3.8, 4) is 5.69 Å². The highest BCUT2D eigenvalue weighted by atomic mass is 35.5. The zero-order valence-corrected chi connectivity index (χ0v) is 14.6. The van der Waals surface area contributed by atoms with Gasteiger partial charge in [-0.15, -0.1) is 0 Å². The number of halogens is 1. The zero-order valence-electron chi connectivity index (χ0n) is 13.8. The SMILES string of the molecule is CCC1(C)CN(C(=O)Nc2ccc(Cl)cc2-n2cccn2)CCO1. The highest BCUT2D eigenvalue weighted by Crippen LogP contribution is 2.26. The number of rotatable bonds is 3. The molecule has 0 saturated carbocycles. The Bertz CT molecular complexity index is 719. The molecule has 6 nitrogen and oxygen atoms in total. The Balaban J connectivity index is 1.80. The van der Waals surface area contributed by atoms with E-state index in [1.807, 2.05) is 19.2 Å². The number of morpholine rings is 1. The Morgan fingerprint density at radius 2 is 2.33 bits per heavy atom. The summed E-state index contributed by atoms with van der Waals surface area (Å²) in [5.74, 6) is 0. The molecule has 7 heteroatoms. The number of benzene rings is 1. The first-order valence-corrected chi connectivity index (χ1v) is 8.38. The van der Waals surface area contributed by atoms with Crippen LogP contribution in [0.4, 0.5) is 10.5 Å². The quantitative estimate of drug-likeness (QED) is 0.922. The molecule has 1 unspecified atom stereocenters. The van der Waals surface area contributed by atoms with Crippen LogP contribution < -0.4 is 5.32 Å². The number of hydrogen-bond donors (Lipinski definition) is 1. The Labute approximate surface area is 146 Å². The monoisotopic (exact) mass is 348 g/mol. The van der Waals surface area contributed by atoms with Crippen molar-refractivity contribution < 1.29 is 9.53 Å². The van der Waals surface area contributed by atoms with E-state index in [1.54, 1.807) is 34.0 Å². The van der Waals surface area contributed by atoms with E-state index in [-0.39, 0.29) is 11.6 Å². The minimum atomic E-state index is -0.291. The number of anilines is 1. The second kappa shape index (κ2) is 6.83. The third-order valence-electron chi connectivity index (χ3n) is 4.32. The molecule has 2 amide bonds. The molecule has 2 aromatic rings. The summed E-state index contributed by atoms with van der Waals surface area (Å²) in [6.45, 7) is 5.79. The van der Waals surface area contributed by atoms with Crippen LogP contribution in [0, 0.1) is 0 Å². The molecule has 2 heterocycles. The van der Waals surface area contributed by atoms with Gasteiger partial charge in [0.05, 0.1) is 30.1 Å². The standard InChI is InChI=1S/C17H21ClN4O2/c1-3-17(2)12-21(9-10-24-17)16(23)20-14-6-5-13(18)11-15(14)22-8-4-7-19-22/h4-8,11H,3,9-10,12H2,1-2H3,(H,20,23). The van der Waals surface area contributed by atoms with Gasteiger partial charge in [0.2, 0.25) is 0 Å². The molecule has 1 aliphatic heterocycles. The van der Waals surface area contributed by atoms with E-state index in [2.05, 4.69) is 17.3 Å². The van der Waals surface area contributed by atoms with Gasteiger partial charge in [0.15, 0.2) is 0 Å². The fourth-order valence-electron chi connectivity index (χ4n) is 2.72. The first-order valence-electron chi connectivity index (χ1n) is 8.00. The van der Waals surface area contributed by atoms with Gasteiger partial charge in [-0.25, -0.2) is 9.48 Å². The molecule has 1 fully saturated rings. The largest absolute Gasteiger partial charge is 0.372 e. The average Bonchev–Trinajstić information content (AvgIpc) is 3.11. The van der Waals surface area contributed by atoms with Gasteiger partial charge in [-0.1, -0.05) is 18.5 Å². The summed E-state index contributed by atoms with van der Waals surface area (Å²) in [6.07, 6.45) is 4.35. The highest BCUT2D eigenvalue weighted by molar-refractivity contribution is 6.30. The van der Waals surface area contributed by atoms with Crippen LogP contribution in [-0.2, 0) is 4.74 Å². The number of carbonyl (C=O) groups excluding carboxylic acids is 1. The van der Waals surface area contributed by atoms with Crippen LogP contribution in [-0.4, -0.2) is 46.0 Å². The second-order valence-corrected chi connectivity index (χ2v) is 6.55. The van der Waals surface area contributed by atoms with Crippen LogP contribution >= 0.6 is 11.6 Å². The van der Waals surface area contributed by atoms with Crippen molar-refractivity contribution in [1.82, 2.24) is 14.7 Å². The summed E-state index contributed by atoms with van der Waals surface area (Å²) in [7, 11) is 0. The number of urea groups is 1. The molecule has 1 aliphatic rings. The van der Waals surface area contributed by atoms with Crippen LogP contribution in [0.5, 0.6) is 0 Å². The molecular weight excluding hydrogens is 328 g/mol. The smallest absolute Gasteiger partial charge is 0.322 e. The number of hydrogen-bond acceptors (Lipinski definition) is 3. The van der Waals surface area contributed by atoms with Crippen molar-refractivity contribution in [2.75, 3.05) is 25.0 Å². The van der Waals surface area contributed by atoms with E-state index in [4.69, 9.17) is 16.3 Å². The molecule has 1 aromatic heterocycles. The Morgan fingerprint density at radius 3 is 3.04 bits per heavy atom. The fourth-order valence-corrected chi connectivity index (χ4v) is 2.89. The molecule has 0 spiro atoms. The third kappa shape index (κ3) is 3.55. The molecule has 1 N–H and O–H groups in total. The predicted octanol–water partition coefficient (Wildman–Crippen LogP) is 3.56. The number of amides is 2. The number of carbonyl (C=O) groups is 1. The molecule has 0 bridgehead atoms. The molecule has 24 heavy (non-hydrogen) atoms. The summed E-state index contributed by atoms with van der Waals surface area (Å²) < 4.78 is 7.47. The number of aromatic nitrogens is 2. The third-order valence-corrected chi connectivity index (χ3v) is 4.56. The average molecular weight is 349 g/mol. The summed E-state index contributed by atoms with van der Waals surface area (Å²) in [6, 6.07) is 6.99. The van der Waals surface area contributed by atoms with E-state index < -0.39 is 0 Å². The van der Waals surface area contributed by atoms with Crippen LogP contribution in [0.25, 0.3) is 5.69 Å². The number of nitrogens with zero attached hydrogens (tertiary/aromatic N) is 3. The molecule has 0 radical (unpaired) electrons. The van der Waals surface area contributed by atoms with Crippen LogP contribution in [0.15, 0.2) is 36.7 Å². The molecule has 1 aromatic carbocycles. The summed E-state index contributed by atoms with van der Waals surface area (Å²) in [4.78, 5) is 14.5. The topological polar surface area (TPSA) is 59.4 Å².